The summed E-state index contributed by atoms with van der Waals surface area (Å²) in [6, 6.07) is 7.36. The number of nitrogens with zero attached hydrogens (tertiary/aromatic N) is 5. The Kier molecular flexibility index (Phi) is 4.57. The lowest BCUT2D eigenvalue weighted by Gasteiger charge is -2.08. The van der Waals surface area contributed by atoms with Crippen molar-refractivity contribution in [2.24, 2.45) is 10.2 Å². The van der Waals surface area contributed by atoms with Crippen LogP contribution in [0.2, 0.25) is 0 Å². The molecule has 23 heavy (non-hydrogen) atoms. The van der Waals surface area contributed by atoms with Gasteiger partial charge in [-0.1, -0.05) is 12.1 Å². The summed E-state index contributed by atoms with van der Waals surface area (Å²) in [5.41, 5.74) is 0.655. The van der Waals surface area contributed by atoms with E-state index in [-0.39, 0.29) is 12.2 Å². The highest BCUT2D eigenvalue weighted by Gasteiger charge is 2.23. The smallest absolute Gasteiger partial charge is 0.343 e. The molecule has 2 heterocycles. The predicted octanol–water partition coefficient (Wildman–Crippen LogP) is 1.31. The van der Waals surface area contributed by atoms with E-state index < -0.39 is 0 Å². The van der Waals surface area contributed by atoms with Crippen LogP contribution in [0.25, 0.3) is 10.9 Å². The average molecular weight is 314 g/mol. The summed E-state index contributed by atoms with van der Waals surface area (Å²) in [5.74, 6) is 1.43. The molecule has 0 radical (unpaired) electrons. The molecule has 1 aromatic heterocycles. The van der Waals surface area contributed by atoms with Crippen molar-refractivity contribution in [3.05, 3.63) is 40.4 Å². The van der Waals surface area contributed by atoms with Crippen LogP contribution in [-0.2, 0) is 6.54 Å². The van der Waals surface area contributed by atoms with Crippen LogP contribution in [0, 0.1) is 6.92 Å². The lowest BCUT2D eigenvalue weighted by atomic mass is 10.2. The molecule has 7 nitrogen and oxygen atoms in total. The summed E-state index contributed by atoms with van der Waals surface area (Å²) < 4.78 is 3.68. The maximum atomic E-state index is 12.7. The van der Waals surface area contributed by atoms with Crippen molar-refractivity contribution < 1.29 is 9.68 Å². The van der Waals surface area contributed by atoms with Gasteiger partial charge >= 0.3 is 5.84 Å². The van der Waals surface area contributed by atoms with Crippen molar-refractivity contribution >= 4 is 16.7 Å². The van der Waals surface area contributed by atoms with Crippen LogP contribution >= 0.6 is 0 Å². The van der Waals surface area contributed by atoms with E-state index in [1.165, 1.54) is 0 Å². The normalized spacial score (nSPS) is 14.2. The number of hydrogen-bond acceptors (Lipinski definition) is 5. The SMILES string of the molecule is Cc1nc2ccccc2c(=O)n1CC1=[N+](CCCCO)CN=N1. The highest BCUT2D eigenvalue weighted by Crippen LogP contribution is 2.08. The third-order valence-electron chi connectivity index (χ3n) is 3.97. The minimum atomic E-state index is -0.0574. The van der Waals surface area contributed by atoms with Gasteiger partial charge in [-0.15, -0.1) is 0 Å². The molecule has 1 aromatic carbocycles. The molecule has 1 aliphatic heterocycles. The van der Waals surface area contributed by atoms with Crippen molar-refractivity contribution in [2.45, 2.75) is 26.3 Å². The van der Waals surface area contributed by atoms with Crippen molar-refractivity contribution in [3.8, 4) is 0 Å². The van der Waals surface area contributed by atoms with E-state index in [1.807, 2.05) is 29.7 Å². The molecule has 0 bridgehead atoms. The van der Waals surface area contributed by atoms with Gasteiger partial charge in [0.05, 0.1) is 22.6 Å². The summed E-state index contributed by atoms with van der Waals surface area (Å²) in [6.45, 7) is 3.67. The van der Waals surface area contributed by atoms with E-state index in [0.717, 1.165) is 25.2 Å². The fourth-order valence-corrected chi connectivity index (χ4v) is 2.69. The van der Waals surface area contributed by atoms with Crippen molar-refractivity contribution in [1.82, 2.24) is 9.55 Å². The molecule has 7 heteroatoms. The Hall–Kier alpha value is -2.41. The topological polar surface area (TPSA) is 82.8 Å². The molecule has 1 N–H and O–H groups in total. The van der Waals surface area contributed by atoms with Gasteiger partial charge < -0.3 is 5.11 Å². The fraction of sp³-hybridized carbons (Fsp3) is 0.438. The third-order valence-corrected chi connectivity index (χ3v) is 3.97. The summed E-state index contributed by atoms with van der Waals surface area (Å²) in [7, 11) is 0. The molecule has 0 unspecified atom stereocenters. The van der Waals surface area contributed by atoms with Crippen LogP contribution in [0.5, 0.6) is 0 Å². The van der Waals surface area contributed by atoms with E-state index in [1.54, 1.807) is 10.6 Å². The van der Waals surface area contributed by atoms with Gasteiger partial charge in [-0.05, 0) is 37.0 Å². The molecule has 0 saturated carbocycles. The van der Waals surface area contributed by atoms with Gasteiger partial charge in [-0.25, -0.2) is 9.56 Å². The molecule has 0 aliphatic carbocycles. The molecule has 0 fully saturated rings. The maximum absolute atomic E-state index is 12.7. The maximum Gasteiger partial charge on any atom is 0.343 e. The Bertz CT molecular complexity index is 838. The number of aromatic nitrogens is 2. The third kappa shape index (κ3) is 3.19. The molecule has 1 aliphatic rings. The minimum absolute atomic E-state index is 0.0574. The molecule has 0 atom stereocenters. The molecule has 0 amide bonds. The number of aliphatic hydroxyl groups is 1. The van der Waals surface area contributed by atoms with Gasteiger partial charge in [0, 0.05) is 6.61 Å². The van der Waals surface area contributed by atoms with E-state index in [0.29, 0.717) is 29.9 Å². The number of rotatable bonds is 6. The number of azo groups is 1. The quantitative estimate of drug-likeness (QED) is 0.644. The zero-order valence-electron chi connectivity index (χ0n) is 13.1. The number of unbranched alkanes of at least 4 members (excludes halogenated alkanes) is 1. The van der Waals surface area contributed by atoms with Crippen LogP contribution in [0.15, 0.2) is 39.3 Å². The second-order valence-corrected chi connectivity index (χ2v) is 5.56. The standard InChI is InChI=1S/C16H20N5O2/c1-12-18-14-7-3-2-6-13(14)16(23)21(12)10-15-19-17-11-20(15)8-4-5-9-22/h2-3,6-7,22H,4-5,8-11H2,1H3/q+1. The highest BCUT2D eigenvalue weighted by molar-refractivity contribution is 5.80. The second kappa shape index (κ2) is 6.78. The fourth-order valence-electron chi connectivity index (χ4n) is 2.69. The van der Waals surface area contributed by atoms with Gasteiger partial charge in [-0.3, -0.25) is 9.36 Å². The Morgan fingerprint density at radius 1 is 1.30 bits per heavy atom. The van der Waals surface area contributed by atoms with E-state index >= 15 is 0 Å². The van der Waals surface area contributed by atoms with Gasteiger partial charge in [0.25, 0.3) is 5.56 Å². The van der Waals surface area contributed by atoms with Crippen molar-refractivity contribution in [1.29, 1.82) is 0 Å². The average Bonchev–Trinajstić information content (AvgIpc) is 2.99. The Labute approximate surface area is 133 Å². The van der Waals surface area contributed by atoms with Gasteiger partial charge in [0.2, 0.25) is 6.67 Å². The largest absolute Gasteiger partial charge is 0.396 e. The van der Waals surface area contributed by atoms with Gasteiger partial charge in [0.15, 0.2) is 0 Å². The van der Waals surface area contributed by atoms with Crippen molar-refractivity contribution in [2.75, 3.05) is 19.8 Å². The first-order valence-electron chi connectivity index (χ1n) is 7.76. The van der Waals surface area contributed by atoms with Crippen LogP contribution < -0.4 is 5.56 Å². The van der Waals surface area contributed by atoms with E-state index in [9.17, 15) is 4.79 Å². The monoisotopic (exact) mass is 314 g/mol. The summed E-state index contributed by atoms with van der Waals surface area (Å²) in [5, 5.41) is 17.7. The Morgan fingerprint density at radius 3 is 2.96 bits per heavy atom. The molecular formula is C16H20N5O2+. The van der Waals surface area contributed by atoms with Crippen LogP contribution in [0.3, 0.4) is 0 Å². The first-order chi connectivity index (χ1) is 11.2. The first-order valence-corrected chi connectivity index (χ1v) is 7.76. The number of aryl methyl sites for hydroxylation is 1. The van der Waals surface area contributed by atoms with Crippen molar-refractivity contribution in [3.63, 3.8) is 0 Å². The van der Waals surface area contributed by atoms with Crippen LogP contribution in [-0.4, -0.2) is 44.9 Å². The number of amidine groups is 1. The number of benzene rings is 1. The highest BCUT2D eigenvalue weighted by atomic mass is 16.2. The molecule has 120 valence electrons. The zero-order valence-corrected chi connectivity index (χ0v) is 13.1. The van der Waals surface area contributed by atoms with E-state index in [2.05, 4.69) is 15.2 Å². The number of aliphatic hydroxyl groups excluding tert-OH is 1. The minimum Gasteiger partial charge on any atom is -0.396 e. The summed E-state index contributed by atoms with van der Waals surface area (Å²) >= 11 is 0. The second-order valence-electron chi connectivity index (χ2n) is 5.56. The Balaban J connectivity index is 1.93. The van der Waals surface area contributed by atoms with Gasteiger partial charge in [-0.2, -0.15) is 0 Å². The lowest BCUT2D eigenvalue weighted by Crippen LogP contribution is -2.30. The summed E-state index contributed by atoms with van der Waals surface area (Å²) in [6.07, 6.45) is 1.62. The molecule has 0 saturated heterocycles. The van der Waals surface area contributed by atoms with Crippen LogP contribution in [0.4, 0.5) is 0 Å². The number of para-hydroxylation sites is 1. The first kappa shape index (κ1) is 15.5. The molecule has 3 rings (SSSR count). The number of hydrogen-bond donors (Lipinski definition) is 1. The van der Waals surface area contributed by atoms with Gasteiger partial charge in [0.1, 0.15) is 12.4 Å². The summed E-state index contributed by atoms with van der Waals surface area (Å²) in [4.78, 5) is 17.2. The molecular weight excluding hydrogens is 294 g/mol. The number of fused-ring (bicyclic) bond motifs is 1. The zero-order chi connectivity index (χ0) is 16.2. The lowest BCUT2D eigenvalue weighted by molar-refractivity contribution is -0.523. The van der Waals surface area contributed by atoms with E-state index in [4.69, 9.17) is 5.11 Å². The molecule has 0 spiro atoms. The molecule has 2 aromatic rings. The van der Waals surface area contributed by atoms with Crippen LogP contribution in [0.1, 0.15) is 18.7 Å². The Morgan fingerprint density at radius 2 is 2.13 bits per heavy atom. The predicted molar refractivity (Wildman–Crippen MR) is 86.9 cm³/mol.